The Bertz CT molecular complexity index is 932. The molecule has 5 heteroatoms. The summed E-state index contributed by atoms with van der Waals surface area (Å²) in [5.74, 6) is 0. The molecule has 0 aliphatic heterocycles. The van der Waals surface area contributed by atoms with Crippen LogP contribution >= 0.6 is 0 Å². The average molecular weight is 432 g/mol. The monoisotopic (exact) mass is 431 g/mol. The van der Waals surface area contributed by atoms with Crippen LogP contribution in [0.25, 0.3) is 0 Å². The first-order chi connectivity index (χ1) is 15.8. The van der Waals surface area contributed by atoms with Gasteiger partial charge in [0.15, 0.2) is 0 Å². The van der Waals surface area contributed by atoms with E-state index in [9.17, 15) is 5.21 Å². The molecule has 0 unspecified atom stereocenters. The van der Waals surface area contributed by atoms with E-state index in [0.717, 1.165) is 16.7 Å². The van der Waals surface area contributed by atoms with Crippen molar-refractivity contribution in [3.63, 3.8) is 0 Å². The Morgan fingerprint density at radius 3 is 1.47 bits per heavy atom. The number of hydrogen-bond acceptors (Lipinski definition) is 5. The Hall–Kier alpha value is -3.25. The van der Waals surface area contributed by atoms with Gasteiger partial charge >= 0.3 is 0 Å². The van der Waals surface area contributed by atoms with Gasteiger partial charge in [0, 0.05) is 0 Å². The molecular formula is C27H29NO4. The van der Waals surface area contributed by atoms with Crippen LogP contribution in [0.15, 0.2) is 109 Å². The van der Waals surface area contributed by atoms with Gasteiger partial charge in [-0.15, -0.1) is 6.58 Å². The summed E-state index contributed by atoms with van der Waals surface area (Å²) >= 11 is 0. The second-order valence-electron chi connectivity index (χ2n) is 7.28. The van der Waals surface area contributed by atoms with E-state index in [1.54, 1.807) is 6.08 Å². The van der Waals surface area contributed by atoms with Gasteiger partial charge < -0.3 is 19.4 Å². The van der Waals surface area contributed by atoms with Gasteiger partial charge in [0.25, 0.3) is 0 Å². The highest BCUT2D eigenvalue weighted by Gasteiger charge is 2.30. The van der Waals surface area contributed by atoms with E-state index in [0.29, 0.717) is 19.8 Å². The van der Waals surface area contributed by atoms with Crippen LogP contribution in [0.5, 0.6) is 0 Å². The number of oxime groups is 1. The lowest BCUT2D eigenvalue weighted by molar-refractivity contribution is -0.116. The standard InChI is InChI=1S/C27H29NO4/c1-2-25(30-19-22-12-6-3-7-13-22)27(32-21-24-16-10-5-11-17-24)26(18-28-29)31-20-23-14-8-4-9-15-23/h2-18,25-27,29H,1,19-21H2/b28-18-/t25-,26-,27-/m0/s1. The molecule has 1 N–H and O–H groups in total. The van der Waals surface area contributed by atoms with Crippen molar-refractivity contribution in [1.29, 1.82) is 0 Å². The maximum Gasteiger partial charge on any atom is 0.125 e. The third kappa shape index (κ3) is 7.46. The highest BCUT2D eigenvalue weighted by molar-refractivity contribution is 5.63. The lowest BCUT2D eigenvalue weighted by Crippen LogP contribution is -2.42. The average Bonchev–Trinajstić information content (AvgIpc) is 2.86. The molecule has 166 valence electrons. The predicted octanol–water partition coefficient (Wildman–Crippen LogP) is 5.39. The minimum absolute atomic E-state index is 0.339. The minimum atomic E-state index is -0.650. The van der Waals surface area contributed by atoms with Crippen molar-refractivity contribution in [1.82, 2.24) is 0 Å². The first-order valence-electron chi connectivity index (χ1n) is 10.6. The topological polar surface area (TPSA) is 60.3 Å². The third-order valence-electron chi connectivity index (χ3n) is 4.95. The third-order valence-corrected chi connectivity index (χ3v) is 4.95. The van der Waals surface area contributed by atoms with Gasteiger partial charge in [0.1, 0.15) is 18.3 Å². The Morgan fingerprint density at radius 2 is 1.06 bits per heavy atom. The molecule has 3 atom stereocenters. The summed E-state index contributed by atoms with van der Waals surface area (Å²) in [7, 11) is 0. The fourth-order valence-corrected chi connectivity index (χ4v) is 3.26. The molecule has 0 amide bonds. The Balaban J connectivity index is 1.75. The number of benzene rings is 3. The molecule has 0 saturated carbocycles. The first-order valence-corrected chi connectivity index (χ1v) is 10.6. The predicted molar refractivity (Wildman–Crippen MR) is 126 cm³/mol. The molecule has 5 nitrogen and oxygen atoms in total. The van der Waals surface area contributed by atoms with Crippen LogP contribution in [0.4, 0.5) is 0 Å². The van der Waals surface area contributed by atoms with Crippen LogP contribution in [0.2, 0.25) is 0 Å². The molecular weight excluding hydrogens is 402 g/mol. The Morgan fingerprint density at radius 1 is 0.656 bits per heavy atom. The van der Waals surface area contributed by atoms with Crippen LogP contribution in [0.3, 0.4) is 0 Å². The Labute approximate surface area is 189 Å². The fraction of sp³-hybridized carbons (Fsp3) is 0.222. The molecule has 0 aliphatic carbocycles. The van der Waals surface area contributed by atoms with Gasteiger partial charge in [-0.05, 0) is 16.7 Å². The quantitative estimate of drug-likeness (QED) is 0.171. The fourth-order valence-electron chi connectivity index (χ4n) is 3.26. The number of hydrogen-bond donors (Lipinski definition) is 1. The Kier molecular flexibility index (Phi) is 9.68. The molecule has 0 spiro atoms. The van der Waals surface area contributed by atoms with Crippen molar-refractivity contribution in [2.75, 3.05) is 0 Å². The van der Waals surface area contributed by atoms with Gasteiger partial charge in [0.05, 0.1) is 26.0 Å². The zero-order valence-corrected chi connectivity index (χ0v) is 18.0. The first kappa shape index (κ1) is 23.4. The van der Waals surface area contributed by atoms with Crippen LogP contribution < -0.4 is 0 Å². The largest absolute Gasteiger partial charge is 0.411 e. The summed E-state index contributed by atoms with van der Waals surface area (Å²) in [6.07, 6.45) is 1.32. The zero-order chi connectivity index (χ0) is 22.4. The molecule has 0 aromatic heterocycles. The number of ether oxygens (including phenoxy) is 3. The van der Waals surface area contributed by atoms with E-state index in [4.69, 9.17) is 14.2 Å². The molecule has 3 aromatic carbocycles. The summed E-state index contributed by atoms with van der Waals surface area (Å²) in [5, 5.41) is 12.5. The van der Waals surface area contributed by atoms with Crippen molar-refractivity contribution in [3.8, 4) is 0 Å². The van der Waals surface area contributed by atoms with Crippen LogP contribution in [0, 0.1) is 0 Å². The maximum absolute atomic E-state index is 9.30. The summed E-state index contributed by atoms with van der Waals surface area (Å²) < 4.78 is 18.5. The lowest BCUT2D eigenvalue weighted by Gasteiger charge is -2.30. The maximum atomic E-state index is 9.30. The van der Waals surface area contributed by atoms with E-state index in [2.05, 4.69) is 11.7 Å². The second-order valence-corrected chi connectivity index (χ2v) is 7.28. The van der Waals surface area contributed by atoms with Crippen molar-refractivity contribution >= 4 is 6.21 Å². The minimum Gasteiger partial charge on any atom is -0.411 e. The van der Waals surface area contributed by atoms with Gasteiger partial charge in [-0.25, -0.2) is 0 Å². The van der Waals surface area contributed by atoms with Crippen LogP contribution in [-0.2, 0) is 34.0 Å². The summed E-state index contributed by atoms with van der Waals surface area (Å²) in [6, 6.07) is 29.6. The van der Waals surface area contributed by atoms with E-state index >= 15 is 0 Å². The lowest BCUT2D eigenvalue weighted by atomic mass is 10.1. The zero-order valence-electron chi connectivity index (χ0n) is 18.0. The SMILES string of the molecule is C=C[C@H](OCc1ccccc1)[C@H](OCc1ccccc1)[C@H](/C=N\O)OCc1ccccc1. The van der Waals surface area contributed by atoms with Crippen molar-refractivity contribution in [3.05, 3.63) is 120 Å². The molecule has 0 saturated heterocycles. The molecule has 0 bridgehead atoms. The molecule has 0 radical (unpaired) electrons. The normalized spacial score (nSPS) is 14.1. The van der Waals surface area contributed by atoms with Crippen LogP contribution in [-0.4, -0.2) is 29.7 Å². The smallest absolute Gasteiger partial charge is 0.125 e. The molecule has 3 rings (SSSR count). The second kappa shape index (κ2) is 13.2. The van der Waals surface area contributed by atoms with Crippen molar-refractivity contribution < 1.29 is 19.4 Å². The molecule has 0 aliphatic rings. The van der Waals surface area contributed by atoms with Crippen LogP contribution in [0.1, 0.15) is 16.7 Å². The molecule has 0 heterocycles. The summed E-state index contributed by atoms with van der Waals surface area (Å²) in [6.45, 7) is 5.03. The number of rotatable bonds is 13. The van der Waals surface area contributed by atoms with Gasteiger partial charge in [-0.3, -0.25) is 0 Å². The van der Waals surface area contributed by atoms with Crippen molar-refractivity contribution in [2.24, 2.45) is 5.16 Å². The highest BCUT2D eigenvalue weighted by Crippen LogP contribution is 2.18. The number of nitrogens with zero attached hydrogens (tertiary/aromatic N) is 1. The van der Waals surface area contributed by atoms with Gasteiger partial charge in [-0.2, -0.15) is 0 Å². The summed E-state index contributed by atoms with van der Waals surface area (Å²) in [5.41, 5.74) is 3.07. The van der Waals surface area contributed by atoms with E-state index < -0.39 is 18.3 Å². The van der Waals surface area contributed by atoms with Crippen molar-refractivity contribution in [2.45, 2.75) is 38.1 Å². The molecule has 32 heavy (non-hydrogen) atoms. The van der Waals surface area contributed by atoms with Gasteiger partial charge in [0.2, 0.25) is 0 Å². The van der Waals surface area contributed by atoms with Gasteiger partial charge in [-0.1, -0.05) is 102 Å². The molecule has 0 fully saturated rings. The van der Waals surface area contributed by atoms with E-state index in [1.165, 1.54) is 6.21 Å². The molecule has 3 aromatic rings. The highest BCUT2D eigenvalue weighted by atomic mass is 16.6. The summed E-state index contributed by atoms with van der Waals surface area (Å²) in [4.78, 5) is 0. The van der Waals surface area contributed by atoms with E-state index in [1.807, 2.05) is 91.0 Å². The van der Waals surface area contributed by atoms with E-state index in [-0.39, 0.29) is 0 Å².